The number of benzene rings is 1. The fraction of sp³-hybridized carbons (Fsp3) is 0.562. The van der Waals surface area contributed by atoms with Gasteiger partial charge in [-0.25, -0.2) is 0 Å². The Bertz CT molecular complexity index is 552. The summed E-state index contributed by atoms with van der Waals surface area (Å²) in [5.74, 6) is 1.37. The van der Waals surface area contributed by atoms with Gasteiger partial charge in [0.05, 0.1) is 13.0 Å². The zero-order valence-corrected chi connectivity index (χ0v) is 12.6. The van der Waals surface area contributed by atoms with E-state index in [1.54, 1.807) is 7.11 Å². The normalized spacial score (nSPS) is 23.3. The zero-order valence-electron chi connectivity index (χ0n) is 12.6. The molecule has 0 amide bonds. The van der Waals surface area contributed by atoms with E-state index in [9.17, 15) is 4.79 Å². The number of aliphatic carboxylic acids is 1. The van der Waals surface area contributed by atoms with Gasteiger partial charge in [0.15, 0.2) is 11.5 Å². The van der Waals surface area contributed by atoms with Gasteiger partial charge >= 0.3 is 5.97 Å². The molecule has 1 aromatic carbocycles. The predicted molar refractivity (Wildman–Crippen MR) is 79.3 cm³/mol. The van der Waals surface area contributed by atoms with Crippen molar-refractivity contribution in [3.8, 4) is 17.2 Å². The number of carboxylic acid groups (broad SMARTS) is 1. The summed E-state index contributed by atoms with van der Waals surface area (Å²) in [4.78, 5) is 11.0. The van der Waals surface area contributed by atoms with Gasteiger partial charge in [-0.2, -0.15) is 0 Å². The molecule has 1 aliphatic carbocycles. The molecule has 0 spiro atoms. The second-order valence-electron chi connectivity index (χ2n) is 5.79. The Morgan fingerprint density at radius 2 is 1.95 bits per heavy atom. The number of carbonyl (C=O) groups is 1. The van der Waals surface area contributed by atoms with Gasteiger partial charge in [-0.15, -0.1) is 0 Å². The van der Waals surface area contributed by atoms with Crippen LogP contribution in [0.1, 0.15) is 31.2 Å². The lowest BCUT2D eigenvalue weighted by Crippen LogP contribution is -2.34. The van der Waals surface area contributed by atoms with Crippen molar-refractivity contribution in [3.63, 3.8) is 0 Å². The van der Waals surface area contributed by atoms with Crippen LogP contribution in [0.2, 0.25) is 0 Å². The highest BCUT2D eigenvalue weighted by molar-refractivity contribution is 5.70. The molecule has 22 heavy (non-hydrogen) atoms. The van der Waals surface area contributed by atoms with Gasteiger partial charge in [-0.05, 0) is 31.7 Å². The van der Waals surface area contributed by atoms with E-state index in [0.29, 0.717) is 18.3 Å². The summed E-state index contributed by atoms with van der Waals surface area (Å²) in [6, 6.07) is 4.14. The smallest absolute Gasteiger partial charge is 0.306 e. The second kappa shape index (κ2) is 6.44. The van der Waals surface area contributed by atoms with Crippen LogP contribution in [0.15, 0.2) is 12.1 Å². The maximum atomic E-state index is 11.0. The molecule has 0 atom stereocenters. The third-order valence-corrected chi connectivity index (χ3v) is 4.43. The number of nitrogens with one attached hydrogen (secondary N) is 1. The van der Waals surface area contributed by atoms with E-state index in [4.69, 9.17) is 19.3 Å². The summed E-state index contributed by atoms with van der Waals surface area (Å²) in [7, 11) is 1.64. The molecule has 6 heteroatoms. The molecule has 3 rings (SSSR count). The summed E-state index contributed by atoms with van der Waals surface area (Å²) < 4.78 is 16.2. The van der Waals surface area contributed by atoms with Crippen LogP contribution in [0.25, 0.3) is 0 Å². The molecular formula is C16H21NO5. The number of hydrogen-bond donors (Lipinski definition) is 2. The van der Waals surface area contributed by atoms with Crippen molar-refractivity contribution < 1.29 is 24.1 Å². The van der Waals surface area contributed by atoms with Crippen molar-refractivity contribution >= 4 is 5.97 Å². The van der Waals surface area contributed by atoms with Gasteiger partial charge in [0, 0.05) is 24.2 Å². The number of hydrogen-bond acceptors (Lipinski definition) is 5. The summed E-state index contributed by atoms with van der Waals surface area (Å²) in [5, 5.41) is 12.5. The lowest BCUT2D eigenvalue weighted by molar-refractivity contribution is -0.142. The van der Waals surface area contributed by atoms with Gasteiger partial charge in [0.2, 0.25) is 6.79 Å². The zero-order chi connectivity index (χ0) is 15.5. The number of rotatable bonds is 5. The van der Waals surface area contributed by atoms with Crippen molar-refractivity contribution in [3.05, 3.63) is 17.7 Å². The Morgan fingerprint density at radius 1 is 1.27 bits per heavy atom. The number of ether oxygens (including phenoxy) is 3. The van der Waals surface area contributed by atoms with Crippen molar-refractivity contribution in [1.82, 2.24) is 5.32 Å². The molecule has 1 fully saturated rings. The van der Waals surface area contributed by atoms with Crippen LogP contribution < -0.4 is 19.5 Å². The standard InChI is InChI=1S/C16H21NO5/c1-20-13-7-15-14(21-9-22-15)6-11(13)8-17-12-4-2-10(3-5-12)16(18)19/h6-7,10,12,17H,2-5,8-9H2,1H3,(H,18,19). The molecule has 0 radical (unpaired) electrons. The van der Waals surface area contributed by atoms with Gasteiger partial charge in [0.25, 0.3) is 0 Å². The lowest BCUT2D eigenvalue weighted by Gasteiger charge is -2.27. The van der Waals surface area contributed by atoms with E-state index >= 15 is 0 Å². The van der Waals surface area contributed by atoms with Crippen molar-refractivity contribution in [2.75, 3.05) is 13.9 Å². The van der Waals surface area contributed by atoms with Gasteiger partial charge < -0.3 is 24.6 Å². The summed E-state index contributed by atoms with van der Waals surface area (Å²) >= 11 is 0. The fourth-order valence-corrected chi connectivity index (χ4v) is 3.09. The highest BCUT2D eigenvalue weighted by Crippen LogP contribution is 2.38. The van der Waals surface area contributed by atoms with Crippen LogP contribution in [0.3, 0.4) is 0 Å². The Labute approximate surface area is 129 Å². The lowest BCUT2D eigenvalue weighted by atomic mass is 9.86. The number of fused-ring (bicyclic) bond motifs is 1. The van der Waals surface area contributed by atoms with Crippen molar-refractivity contribution in [2.24, 2.45) is 5.92 Å². The SMILES string of the molecule is COc1cc2c(cc1CNC1CCC(C(=O)O)CC1)OCO2. The molecule has 0 saturated heterocycles. The minimum atomic E-state index is -0.670. The van der Waals surface area contributed by atoms with Gasteiger partial charge in [0.1, 0.15) is 5.75 Å². The third-order valence-electron chi connectivity index (χ3n) is 4.43. The first-order valence-electron chi connectivity index (χ1n) is 7.60. The second-order valence-corrected chi connectivity index (χ2v) is 5.79. The maximum absolute atomic E-state index is 11.0. The predicted octanol–water partition coefficient (Wildman–Crippen LogP) is 2.16. The summed E-state index contributed by atoms with van der Waals surface area (Å²) in [6.07, 6.45) is 3.27. The third kappa shape index (κ3) is 3.11. The van der Waals surface area contributed by atoms with Crippen LogP contribution in [0, 0.1) is 5.92 Å². The largest absolute Gasteiger partial charge is 0.496 e. The molecule has 0 unspecified atom stereocenters. The number of carboxylic acids is 1. The Morgan fingerprint density at radius 3 is 2.59 bits per heavy atom. The van der Waals surface area contributed by atoms with Crippen molar-refractivity contribution in [2.45, 2.75) is 38.3 Å². The molecule has 1 saturated carbocycles. The molecule has 0 bridgehead atoms. The monoisotopic (exact) mass is 307 g/mol. The molecule has 6 nitrogen and oxygen atoms in total. The molecule has 1 heterocycles. The summed E-state index contributed by atoms with van der Waals surface area (Å²) in [6.45, 7) is 0.913. The Kier molecular flexibility index (Phi) is 4.38. The van der Waals surface area contributed by atoms with E-state index in [1.165, 1.54) is 0 Å². The van der Waals surface area contributed by atoms with Gasteiger partial charge in [-0.3, -0.25) is 4.79 Å². The molecule has 1 aromatic rings. The van der Waals surface area contributed by atoms with Crippen LogP contribution >= 0.6 is 0 Å². The van der Waals surface area contributed by atoms with E-state index in [1.807, 2.05) is 12.1 Å². The average molecular weight is 307 g/mol. The first-order chi connectivity index (χ1) is 10.7. The van der Waals surface area contributed by atoms with E-state index in [2.05, 4.69) is 5.32 Å². The van der Waals surface area contributed by atoms with Crippen LogP contribution in [-0.4, -0.2) is 31.0 Å². The maximum Gasteiger partial charge on any atom is 0.306 e. The first-order valence-corrected chi connectivity index (χ1v) is 7.60. The molecule has 2 aliphatic rings. The van der Waals surface area contributed by atoms with E-state index < -0.39 is 5.97 Å². The van der Waals surface area contributed by atoms with Crippen LogP contribution in [-0.2, 0) is 11.3 Å². The highest BCUT2D eigenvalue weighted by Gasteiger charge is 2.26. The van der Waals surface area contributed by atoms with Crippen molar-refractivity contribution in [1.29, 1.82) is 0 Å². The molecule has 0 aromatic heterocycles. The molecular weight excluding hydrogens is 286 g/mol. The van der Waals surface area contributed by atoms with E-state index in [0.717, 1.165) is 42.7 Å². The first kappa shape index (κ1) is 15.0. The fourth-order valence-electron chi connectivity index (χ4n) is 3.09. The van der Waals surface area contributed by atoms with E-state index in [-0.39, 0.29) is 12.7 Å². The minimum Gasteiger partial charge on any atom is -0.496 e. The molecule has 2 N–H and O–H groups in total. The topological polar surface area (TPSA) is 77.0 Å². The quantitative estimate of drug-likeness (QED) is 0.868. The number of methoxy groups -OCH3 is 1. The minimum absolute atomic E-state index is 0.182. The average Bonchev–Trinajstić information content (AvgIpc) is 2.99. The van der Waals surface area contributed by atoms with Crippen LogP contribution in [0.5, 0.6) is 17.2 Å². The van der Waals surface area contributed by atoms with Gasteiger partial charge in [-0.1, -0.05) is 0 Å². The summed E-state index contributed by atoms with van der Waals surface area (Å²) in [5.41, 5.74) is 1.02. The molecule has 1 aliphatic heterocycles. The Balaban J connectivity index is 1.59. The highest BCUT2D eigenvalue weighted by atomic mass is 16.7. The molecule has 120 valence electrons. The van der Waals surface area contributed by atoms with Crippen LogP contribution in [0.4, 0.5) is 0 Å². The Hall–Kier alpha value is -1.95.